The molecule has 0 amide bonds. The van der Waals surface area contributed by atoms with Crippen LogP contribution in [-0.4, -0.2) is 54.3 Å². The average Bonchev–Trinajstić information content (AvgIpc) is 3.19. The van der Waals surface area contributed by atoms with Crippen LogP contribution in [-0.2, 0) is 16.6 Å². The molecule has 3 heterocycles. The van der Waals surface area contributed by atoms with Crippen LogP contribution in [0.25, 0.3) is 32.2 Å². The third-order valence-electron chi connectivity index (χ3n) is 7.46. The molecular weight excluding hydrogens is 583 g/mol. The summed E-state index contributed by atoms with van der Waals surface area (Å²) in [4.78, 5) is 20.9. The highest BCUT2D eigenvalue weighted by molar-refractivity contribution is 7.92. The van der Waals surface area contributed by atoms with Crippen molar-refractivity contribution in [2.45, 2.75) is 21.9 Å². The van der Waals surface area contributed by atoms with Gasteiger partial charge in [0.25, 0.3) is 15.6 Å². The van der Waals surface area contributed by atoms with Gasteiger partial charge in [-0.3, -0.25) is 9.52 Å². The van der Waals surface area contributed by atoms with Crippen molar-refractivity contribution in [2.75, 3.05) is 10.5 Å². The fraction of sp³-hybridized carbons (Fsp3) is 0.160. The third-order valence-corrected chi connectivity index (χ3v) is 9.64. The third kappa shape index (κ3) is 4.32. The fourth-order valence-electron chi connectivity index (χ4n) is 4.93. The summed E-state index contributed by atoms with van der Waals surface area (Å²) in [7, 11) is 19.2. The van der Waals surface area contributed by atoms with Crippen molar-refractivity contribution in [3.8, 4) is 11.1 Å². The minimum absolute atomic E-state index is 0.0511. The largest absolute Gasteiger partial charge is 0.384 e. The van der Waals surface area contributed by atoms with E-state index in [1.165, 1.54) is 23.8 Å². The Balaban J connectivity index is 1.48. The summed E-state index contributed by atoms with van der Waals surface area (Å²) in [6.45, 7) is -0.235. The SMILES string of the molecule is [B]C1([B])C(Cn2c(=O)c(-c3c(F)ccc(NS(=O)(=O)c4cc5scnc5cc4F)c3F)cc3cnc(N)cc32)C1([B])[B]. The van der Waals surface area contributed by atoms with E-state index < -0.39 is 71.1 Å². The van der Waals surface area contributed by atoms with Gasteiger partial charge in [-0.1, -0.05) is 0 Å². The Morgan fingerprint density at radius 1 is 1.02 bits per heavy atom. The first-order valence-electron chi connectivity index (χ1n) is 12.1. The van der Waals surface area contributed by atoms with Crippen molar-refractivity contribution in [3.63, 3.8) is 0 Å². The van der Waals surface area contributed by atoms with Crippen molar-refractivity contribution in [1.82, 2.24) is 14.5 Å². The van der Waals surface area contributed by atoms with Gasteiger partial charge in [-0.15, -0.1) is 21.8 Å². The first-order valence-corrected chi connectivity index (χ1v) is 14.5. The van der Waals surface area contributed by atoms with E-state index in [9.17, 15) is 17.6 Å². The molecule has 1 aliphatic rings. The van der Waals surface area contributed by atoms with Crippen LogP contribution in [0.5, 0.6) is 0 Å². The monoisotopic (exact) mass is 597 g/mol. The lowest BCUT2D eigenvalue weighted by Gasteiger charge is -2.17. The van der Waals surface area contributed by atoms with Crippen molar-refractivity contribution in [2.24, 2.45) is 5.92 Å². The number of pyridine rings is 2. The number of nitrogens with zero attached hydrogens (tertiary/aromatic N) is 3. The summed E-state index contributed by atoms with van der Waals surface area (Å²) >= 11 is 1.08. The van der Waals surface area contributed by atoms with Gasteiger partial charge in [-0.05, 0) is 30.2 Å². The lowest BCUT2D eigenvalue weighted by Crippen LogP contribution is -2.25. The fourth-order valence-corrected chi connectivity index (χ4v) is 6.85. The van der Waals surface area contributed by atoms with E-state index in [2.05, 4.69) is 9.97 Å². The molecule has 5 aromatic rings. The smallest absolute Gasteiger partial charge is 0.264 e. The van der Waals surface area contributed by atoms with Gasteiger partial charge < -0.3 is 10.3 Å². The first kappa shape index (κ1) is 28.4. The van der Waals surface area contributed by atoms with Gasteiger partial charge in [0, 0.05) is 30.3 Å². The number of rotatable bonds is 6. The summed E-state index contributed by atoms with van der Waals surface area (Å²) in [5.41, 5.74) is 4.74. The number of fused-ring (bicyclic) bond motifs is 2. The molecule has 3 N–H and O–H groups in total. The van der Waals surface area contributed by atoms with Crippen LogP contribution in [0.15, 0.2) is 57.8 Å². The number of aromatic nitrogens is 3. The topological polar surface area (TPSA) is 120 Å². The van der Waals surface area contributed by atoms with Crippen LogP contribution in [0.4, 0.5) is 24.7 Å². The van der Waals surface area contributed by atoms with E-state index >= 15 is 8.78 Å². The van der Waals surface area contributed by atoms with Gasteiger partial charge in [0.1, 0.15) is 22.3 Å². The Morgan fingerprint density at radius 3 is 2.43 bits per heavy atom. The molecule has 1 aliphatic carbocycles. The number of hydrogen-bond acceptors (Lipinski definition) is 7. The van der Waals surface area contributed by atoms with Crippen molar-refractivity contribution < 1.29 is 21.6 Å². The van der Waals surface area contributed by atoms with E-state index in [-0.39, 0.29) is 28.8 Å². The van der Waals surface area contributed by atoms with Gasteiger partial charge in [-0.25, -0.2) is 31.6 Å². The molecule has 0 spiro atoms. The number of halogens is 3. The number of sulfonamides is 1. The summed E-state index contributed by atoms with van der Waals surface area (Å²) in [6, 6.07) is 6.12. The molecule has 3 aromatic heterocycles. The van der Waals surface area contributed by atoms with E-state index in [0.29, 0.717) is 4.70 Å². The summed E-state index contributed by atoms with van der Waals surface area (Å²) in [5, 5.41) is -2.83. The number of nitrogen functional groups attached to an aromatic ring is 1. The maximum Gasteiger partial charge on any atom is 0.264 e. The first-order chi connectivity index (χ1) is 19.6. The highest BCUT2D eigenvalue weighted by Gasteiger charge is 2.61. The van der Waals surface area contributed by atoms with Crippen LogP contribution in [0.1, 0.15) is 0 Å². The molecule has 0 unspecified atom stereocenters. The molecule has 0 aliphatic heterocycles. The normalized spacial score (nSPS) is 16.2. The van der Waals surface area contributed by atoms with Crippen molar-refractivity contribution in [1.29, 1.82) is 0 Å². The predicted octanol–water partition coefficient (Wildman–Crippen LogP) is 3.01. The molecule has 0 atom stereocenters. The highest BCUT2D eigenvalue weighted by Crippen LogP contribution is 2.73. The molecule has 8 nitrogen and oxygen atoms in total. The number of nitrogens with two attached hydrogens (primary N) is 1. The predicted molar refractivity (Wildman–Crippen MR) is 158 cm³/mol. The number of hydrogen-bond donors (Lipinski definition) is 2. The Labute approximate surface area is 246 Å². The van der Waals surface area contributed by atoms with Gasteiger partial charge in [-0.2, -0.15) is 0 Å². The second-order valence-corrected chi connectivity index (χ2v) is 12.6. The zero-order valence-corrected chi connectivity index (χ0v) is 22.9. The minimum Gasteiger partial charge on any atom is -0.384 e. The highest BCUT2D eigenvalue weighted by atomic mass is 32.2. The zero-order chi connectivity index (χ0) is 30.4. The second-order valence-electron chi connectivity index (χ2n) is 10.1. The summed E-state index contributed by atoms with van der Waals surface area (Å²) in [5.74, 6) is -4.48. The molecule has 42 heavy (non-hydrogen) atoms. The van der Waals surface area contributed by atoms with Crippen LogP contribution < -0.4 is 16.0 Å². The van der Waals surface area contributed by atoms with E-state index in [0.717, 1.165) is 40.2 Å². The summed E-state index contributed by atoms with van der Waals surface area (Å²) in [6.07, 6.45) is 1.29. The molecule has 8 radical (unpaired) electrons. The lowest BCUT2D eigenvalue weighted by molar-refractivity contribution is 0.569. The van der Waals surface area contributed by atoms with Crippen LogP contribution in [0.2, 0.25) is 10.4 Å². The van der Waals surface area contributed by atoms with Gasteiger partial charge in [0.2, 0.25) is 0 Å². The second kappa shape index (κ2) is 9.40. The molecule has 17 heteroatoms. The quantitative estimate of drug-likeness (QED) is 0.291. The van der Waals surface area contributed by atoms with Gasteiger partial charge >= 0.3 is 0 Å². The van der Waals surface area contributed by atoms with E-state index in [4.69, 9.17) is 37.1 Å². The molecule has 6 rings (SSSR count). The van der Waals surface area contributed by atoms with Gasteiger partial charge in [0.15, 0.2) is 5.82 Å². The Kier molecular flexibility index (Phi) is 6.36. The maximum atomic E-state index is 15.9. The Hall–Kier alpha value is -3.71. The number of thiazole rings is 1. The average molecular weight is 597 g/mol. The lowest BCUT2D eigenvalue weighted by atomic mass is 9.49. The number of benzene rings is 2. The van der Waals surface area contributed by atoms with Crippen LogP contribution >= 0.6 is 11.3 Å². The van der Waals surface area contributed by atoms with Crippen LogP contribution in [0, 0.1) is 23.4 Å². The van der Waals surface area contributed by atoms with E-state index in [1.54, 1.807) is 0 Å². The van der Waals surface area contributed by atoms with Crippen molar-refractivity contribution >= 4 is 85.4 Å². The van der Waals surface area contributed by atoms with Crippen LogP contribution in [0.3, 0.4) is 0 Å². The summed E-state index contributed by atoms with van der Waals surface area (Å²) < 4.78 is 75.5. The molecular formula is C25H14B4F3N5O3S2. The molecule has 0 saturated heterocycles. The van der Waals surface area contributed by atoms with Crippen molar-refractivity contribution in [3.05, 3.63) is 75.9 Å². The maximum absolute atomic E-state index is 15.9. The Morgan fingerprint density at radius 2 is 1.74 bits per heavy atom. The molecule has 202 valence electrons. The standard InChI is InChI=1S/C25H14B4F3N5O3S2/c26-24(27)19(25(24,28)29)8-37-16-5-20(33)34-7-10(16)3-11(23(37)38)21-12(30)1-2-14(22(21)32)36-42(39,40)18-6-17-15(4-13(18)31)35-9-41-17/h1-7,9,19,36H,8H2,(H2,33,34). The van der Waals surface area contributed by atoms with Gasteiger partial charge in [0.05, 0.1) is 69.4 Å². The molecule has 0 bridgehead atoms. The molecule has 1 saturated carbocycles. The molecule has 1 fully saturated rings. The zero-order valence-electron chi connectivity index (χ0n) is 21.3. The minimum atomic E-state index is -4.71. The number of nitrogens with one attached hydrogen (secondary N) is 1. The van der Waals surface area contributed by atoms with E-state index in [1.807, 2.05) is 4.72 Å². The molecule has 2 aromatic carbocycles. The number of anilines is 2. The Bertz CT molecular complexity index is 2110.